The molecule has 2 rings (SSSR count). The molecule has 2 aromatic carbocycles. The molecule has 6 nitrogen and oxygen atoms in total. The van der Waals surface area contributed by atoms with Crippen molar-refractivity contribution in [1.29, 1.82) is 5.26 Å². The molecule has 0 unspecified atom stereocenters. The number of hydrogen-bond donors (Lipinski definition) is 0. The Morgan fingerprint density at radius 3 is 2.42 bits per heavy atom. The smallest absolute Gasteiger partial charge is 0.326 e. The van der Waals surface area contributed by atoms with Gasteiger partial charge in [-0.15, -0.1) is 0 Å². The van der Waals surface area contributed by atoms with Crippen molar-refractivity contribution in [2.45, 2.75) is 11.3 Å². The highest BCUT2D eigenvalue weighted by atomic mass is 35.5. The zero-order valence-corrected chi connectivity index (χ0v) is 16.0. The molecule has 2 aromatic rings. The van der Waals surface area contributed by atoms with Gasteiger partial charge in [0.05, 0.1) is 30.3 Å². The number of halogens is 2. The highest BCUT2D eigenvalue weighted by Crippen LogP contribution is 2.30. The minimum absolute atomic E-state index is 0.0228. The molecule has 0 N–H and O–H groups in total. The third kappa shape index (κ3) is 4.47. The average Bonchev–Trinajstić information content (AvgIpc) is 2.62. The summed E-state index contributed by atoms with van der Waals surface area (Å²) in [5.41, 5.74) is 0.945. The number of anilines is 1. The van der Waals surface area contributed by atoms with Crippen LogP contribution in [0.4, 0.5) is 5.69 Å². The lowest BCUT2D eigenvalue weighted by Gasteiger charge is -2.24. The fourth-order valence-corrected chi connectivity index (χ4v) is 4.31. The molecule has 26 heavy (non-hydrogen) atoms. The molecule has 0 radical (unpaired) electrons. The van der Waals surface area contributed by atoms with Crippen molar-refractivity contribution >= 4 is 44.9 Å². The summed E-state index contributed by atoms with van der Waals surface area (Å²) in [5, 5.41) is 8.91. The molecule has 0 fully saturated rings. The Morgan fingerprint density at radius 1 is 1.19 bits per heavy atom. The summed E-state index contributed by atoms with van der Waals surface area (Å²) in [6.07, 6.45) is 0.185. The van der Waals surface area contributed by atoms with Crippen LogP contribution in [0.15, 0.2) is 47.4 Å². The summed E-state index contributed by atoms with van der Waals surface area (Å²) in [4.78, 5) is 11.5. The second-order valence-electron chi connectivity index (χ2n) is 5.16. The molecule has 0 aliphatic rings. The number of rotatable bonds is 6. The van der Waals surface area contributed by atoms with E-state index in [1.165, 1.54) is 30.3 Å². The SMILES string of the molecule is COC(=O)CN(c1ccc(CC#N)cc1)S(=O)(=O)c1cc(Cl)ccc1Cl. The Morgan fingerprint density at radius 2 is 1.85 bits per heavy atom. The lowest BCUT2D eigenvalue weighted by atomic mass is 10.1. The van der Waals surface area contributed by atoms with E-state index >= 15 is 0 Å². The van der Waals surface area contributed by atoms with Crippen molar-refractivity contribution in [3.8, 4) is 6.07 Å². The first-order valence-electron chi connectivity index (χ1n) is 7.30. The van der Waals surface area contributed by atoms with Gasteiger partial charge < -0.3 is 4.74 Å². The first kappa shape index (κ1) is 20.0. The highest BCUT2D eigenvalue weighted by Gasteiger charge is 2.29. The standard InChI is InChI=1S/C17H14Cl2N2O4S/c1-25-17(22)11-21(14-5-2-12(3-6-14)8-9-20)26(23,24)16-10-13(18)4-7-15(16)19/h2-7,10H,8,11H2,1H3. The molecule has 0 amide bonds. The number of ether oxygens (including phenoxy) is 1. The van der Waals surface area contributed by atoms with Crippen molar-refractivity contribution < 1.29 is 17.9 Å². The number of carbonyl (C=O) groups is 1. The zero-order valence-electron chi connectivity index (χ0n) is 13.6. The van der Waals surface area contributed by atoms with E-state index in [1.54, 1.807) is 12.1 Å². The van der Waals surface area contributed by atoms with Crippen molar-refractivity contribution in [1.82, 2.24) is 0 Å². The topological polar surface area (TPSA) is 87.5 Å². The van der Waals surface area contributed by atoms with Crippen LogP contribution in [0, 0.1) is 11.3 Å². The summed E-state index contributed by atoms with van der Waals surface area (Å²) in [7, 11) is -3.02. The molecule has 136 valence electrons. The number of sulfonamides is 1. The number of carbonyl (C=O) groups excluding carboxylic acids is 1. The molecule has 0 spiro atoms. The summed E-state index contributed by atoms with van der Waals surface area (Å²) >= 11 is 11.9. The lowest BCUT2D eigenvalue weighted by molar-refractivity contribution is -0.138. The van der Waals surface area contributed by atoms with Gasteiger partial charge >= 0.3 is 5.97 Å². The Kier molecular flexibility index (Phi) is 6.48. The van der Waals surface area contributed by atoms with E-state index in [1.807, 2.05) is 6.07 Å². The number of benzene rings is 2. The Bertz CT molecular complexity index is 954. The number of nitriles is 1. The van der Waals surface area contributed by atoms with E-state index in [9.17, 15) is 13.2 Å². The van der Waals surface area contributed by atoms with Crippen LogP contribution < -0.4 is 4.31 Å². The fourth-order valence-electron chi connectivity index (χ4n) is 2.16. The summed E-state index contributed by atoms with van der Waals surface area (Å²) in [6.45, 7) is -0.542. The third-order valence-corrected chi connectivity index (χ3v) is 5.96. The molecule has 0 saturated carbocycles. The molecular formula is C17H14Cl2N2O4S. The third-order valence-electron chi connectivity index (χ3n) is 3.47. The van der Waals surface area contributed by atoms with Gasteiger partial charge in [-0.1, -0.05) is 35.3 Å². The van der Waals surface area contributed by atoms with E-state index in [4.69, 9.17) is 28.5 Å². The maximum absolute atomic E-state index is 13.1. The maximum atomic E-state index is 13.1. The molecule has 0 bridgehead atoms. The second-order valence-corrected chi connectivity index (χ2v) is 7.84. The van der Waals surface area contributed by atoms with Gasteiger partial charge in [0.1, 0.15) is 11.4 Å². The molecular weight excluding hydrogens is 399 g/mol. The van der Waals surface area contributed by atoms with E-state index in [0.29, 0.717) is 5.56 Å². The predicted octanol–water partition coefficient (Wildman–Crippen LogP) is 3.43. The van der Waals surface area contributed by atoms with E-state index in [-0.39, 0.29) is 27.0 Å². The van der Waals surface area contributed by atoms with Gasteiger partial charge in [0.15, 0.2) is 0 Å². The van der Waals surface area contributed by atoms with Gasteiger partial charge in [0.25, 0.3) is 10.0 Å². The van der Waals surface area contributed by atoms with Crippen LogP contribution in [0.25, 0.3) is 0 Å². The largest absolute Gasteiger partial charge is 0.468 e. The molecule has 0 aromatic heterocycles. The number of hydrogen-bond acceptors (Lipinski definition) is 5. The highest BCUT2D eigenvalue weighted by molar-refractivity contribution is 7.93. The van der Waals surface area contributed by atoms with Crippen LogP contribution in [-0.2, 0) is 26.0 Å². The van der Waals surface area contributed by atoms with Crippen molar-refractivity contribution in [2.24, 2.45) is 0 Å². The van der Waals surface area contributed by atoms with E-state index < -0.39 is 22.5 Å². The Hall–Kier alpha value is -2.27. The van der Waals surface area contributed by atoms with Crippen LogP contribution in [0.1, 0.15) is 5.56 Å². The van der Waals surface area contributed by atoms with Crippen LogP contribution >= 0.6 is 23.2 Å². The van der Waals surface area contributed by atoms with Crippen molar-refractivity contribution in [2.75, 3.05) is 18.0 Å². The van der Waals surface area contributed by atoms with E-state index in [0.717, 1.165) is 11.4 Å². The van der Waals surface area contributed by atoms with Crippen LogP contribution in [-0.4, -0.2) is 28.0 Å². The molecule has 0 saturated heterocycles. The quantitative estimate of drug-likeness (QED) is 0.678. The van der Waals surface area contributed by atoms with Gasteiger partial charge in [0, 0.05) is 5.02 Å². The lowest BCUT2D eigenvalue weighted by Crippen LogP contribution is -2.36. The van der Waals surface area contributed by atoms with Gasteiger partial charge in [0.2, 0.25) is 0 Å². The van der Waals surface area contributed by atoms with Gasteiger partial charge in [-0.25, -0.2) is 8.42 Å². The molecule has 0 aliphatic carbocycles. The summed E-state index contributed by atoms with van der Waals surface area (Å²) in [6, 6.07) is 12.3. The predicted molar refractivity (Wildman–Crippen MR) is 98.8 cm³/mol. The van der Waals surface area contributed by atoms with Gasteiger partial charge in [-0.2, -0.15) is 5.26 Å². The molecule has 0 heterocycles. The van der Waals surface area contributed by atoms with Crippen LogP contribution in [0.2, 0.25) is 10.0 Å². The van der Waals surface area contributed by atoms with Crippen LogP contribution in [0.3, 0.4) is 0 Å². The Balaban J connectivity index is 2.55. The van der Waals surface area contributed by atoms with Gasteiger partial charge in [-0.05, 0) is 35.9 Å². The zero-order chi connectivity index (χ0) is 19.3. The molecule has 0 aliphatic heterocycles. The minimum atomic E-state index is -4.19. The minimum Gasteiger partial charge on any atom is -0.468 e. The van der Waals surface area contributed by atoms with E-state index in [2.05, 4.69) is 4.74 Å². The van der Waals surface area contributed by atoms with Crippen molar-refractivity contribution in [3.05, 3.63) is 58.1 Å². The Labute approximate surface area is 161 Å². The van der Waals surface area contributed by atoms with Crippen molar-refractivity contribution in [3.63, 3.8) is 0 Å². The number of methoxy groups -OCH3 is 1. The number of nitrogens with zero attached hydrogens (tertiary/aromatic N) is 2. The maximum Gasteiger partial charge on any atom is 0.326 e. The average molecular weight is 413 g/mol. The van der Waals surface area contributed by atoms with Gasteiger partial charge in [-0.3, -0.25) is 9.10 Å². The molecule has 9 heteroatoms. The number of esters is 1. The summed E-state index contributed by atoms with van der Waals surface area (Å²) in [5.74, 6) is -0.743. The second kappa shape index (κ2) is 8.41. The van der Waals surface area contributed by atoms with Crippen LogP contribution in [0.5, 0.6) is 0 Å². The first-order chi connectivity index (χ1) is 12.3. The summed E-state index contributed by atoms with van der Waals surface area (Å²) < 4.78 is 31.7. The molecule has 0 atom stereocenters. The first-order valence-corrected chi connectivity index (χ1v) is 9.49. The normalized spacial score (nSPS) is 10.8. The monoisotopic (exact) mass is 412 g/mol. The fraction of sp³-hybridized carbons (Fsp3) is 0.176.